The molecule has 320 valence electrons. The van der Waals surface area contributed by atoms with E-state index in [1.54, 1.807) is 60.9 Å². The molecule has 0 aliphatic heterocycles. The van der Waals surface area contributed by atoms with E-state index < -0.39 is 32.0 Å². The van der Waals surface area contributed by atoms with Gasteiger partial charge in [0.05, 0.1) is 11.0 Å². The number of pyridine rings is 4. The fourth-order valence-corrected chi connectivity index (χ4v) is 7.19. The number of carbonyl (C=O) groups is 2. The van der Waals surface area contributed by atoms with Gasteiger partial charge in [0.2, 0.25) is 0 Å². The van der Waals surface area contributed by atoms with Crippen LogP contribution in [0.15, 0.2) is 156 Å². The van der Waals surface area contributed by atoms with Crippen molar-refractivity contribution in [3.05, 3.63) is 156 Å². The summed E-state index contributed by atoms with van der Waals surface area (Å²) in [6, 6.07) is 35.5. The molecule has 2 N–H and O–H groups in total. The monoisotopic (exact) mass is 1030 g/mol. The second kappa shape index (κ2) is 23.8. The van der Waals surface area contributed by atoms with Crippen LogP contribution >= 0.6 is 0 Å². The summed E-state index contributed by atoms with van der Waals surface area (Å²) >= 11 is 0. The number of carboxylic acid groups (broad SMARTS) is 2. The van der Waals surface area contributed by atoms with E-state index in [4.69, 9.17) is 19.8 Å². The van der Waals surface area contributed by atoms with Crippen molar-refractivity contribution in [1.29, 1.82) is 0 Å². The van der Waals surface area contributed by atoms with Crippen molar-refractivity contribution in [2.24, 2.45) is 0 Å². The number of carboxylic acids is 2. The van der Waals surface area contributed by atoms with Crippen LogP contribution in [0.4, 0.5) is 11.4 Å². The van der Waals surface area contributed by atoms with Gasteiger partial charge in [0, 0.05) is 90.3 Å². The van der Waals surface area contributed by atoms with Gasteiger partial charge in [0.25, 0.3) is 11.9 Å². The molecule has 0 saturated heterocycles. The van der Waals surface area contributed by atoms with Gasteiger partial charge >= 0.3 is 0 Å². The summed E-state index contributed by atoms with van der Waals surface area (Å²) in [6.07, 6.45) is 6.24. The summed E-state index contributed by atoms with van der Waals surface area (Å²) in [6.45, 7) is 2.17. The first kappa shape index (κ1) is 52.3. The number of fused-ring (bicyclic) bond motifs is 6. The number of aliphatic carboxylic acids is 2. The fraction of sp³-hybridized carbons (Fsp3) is 0.0952. The van der Waals surface area contributed by atoms with Crippen molar-refractivity contribution in [1.82, 2.24) is 19.9 Å². The van der Waals surface area contributed by atoms with Crippen LogP contribution in [0.3, 0.4) is 0 Å². The minimum Gasteiger partial charge on any atom is -0.571 e. The summed E-state index contributed by atoms with van der Waals surface area (Å²) in [5.41, 5.74) is 2.18. The molecule has 4 heterocycles. The van der Waals surface area contributed by atoms with Gasteiger partial charge in [-0.2, -0.15) is 0 Å². The van der Waals surface area contributed by atoms with Crippen molar-refractivity contribution in [3.8, 4) is 0 Å². The van der Waals surface area contributed by atoms with Crippen molar-refractivity contribution in [2.45, 2.75) is 38.8 Å². The minimum atomic E-state index is -3.89. The number of hydrogen-bond acceptors (Lipinski definition) is 10. The maximum absolute atomic E-state index is 12.5. The van der Waals surface area contributed by atoms with Crippen molar-refractivity contribution in [2.75, 3.05) is 0 Å². The third-order valence-electron chi connectivity index (χ3n) is 7.43. The number of hydrogen-bond donors (Lipinski definition) is 2. The van der Waals surface area contributed by atoms with Gasteiger partial charge in [-0.25, -0.2) is 26.8 Å². The van der Waals surface area contributed by atoms with E-state index in [-0.39, 0.29) is 65.8 Å². The molecule has 0 saturated carbocycles. The molecule has 4 aromatic carbocycles. The van der Waals surface area contributed by atoms with Gasteiger partial charge in [-0.05, 0) is 57.9 Å². The molecule has 18 heteroatoms. The molecule has 0 radical (unpaired) electrons. The molecule has 0 aliphatic carbocycles. The molecule has 0 unspecified atom stereocenters. The maximum Gasteiger partial charge on any atom is 0.300 e. The Kier molecular flexibility index (Phi) is 20.7. The van der Waals surface area contributed by atoms with Crippen LogP contribution in [-0.4, -0.2) is 58.9 Å². The molecule has 60 heavy (non-hydrogen) atoms. The Hall–Kier alpha value is -5.72. The molecule has 0 bridgehead atoms. The smallest absolute Gasteiger partial charge is 0.300 e. The number of benzene rings is 4. The number of nitrogens with zero attached hydrogens (tertiary/aromatic N) is 6. The Morgan fingerprint density at radius 2 is 0.767 bits per heavy atom. The first-order chi connectivity index (χ1) is 26.8. The zero-order chi connectivity index (χ0) is 40.3. The van der Waals surface area contributed by atoms with Gasteiger partial charge in [0.15, 0.2) is 0 Å². The van der Waals surface area contributed by atoms with Gasteiger partial charge in [-0.1, -0.05) is 99.8 Å². The zero-order valence-corrected chi connectivity index (χ0v) is 35.1. The Morgan fingerprint density at radius 3 is 1.10 bits per heavy atom. The first-order valence-corrected chi connectivity index (χ1v) is 19.3. The molecule has 8 aromatic rings. The predicted octanol–water partition coefficient (Wildman–Crippen LogP) is 9.80. The second-order valence-electron chi connectivity index (χ2n) is 11.5. The van der Waals surface area contributed by atoms with E-state index in [9.17, 15) is 16.8 Å². The van der Waals surface area contributed by atoms with Gasteiger partial charge in [-0.3, -0.25) is 19.6 Å². The second-order valence-corrected chi connectivity index (χ2v) is 14.6. The van der Waals surface area contributed by atoms with Crippen LogP contribution < -0.4 is 0 Å². The minimum absolute atomic E-state index is 0. The van der Waals surface area contributed by atoms with E-state index in [2.05, 4.69) is 29.4 Å². The van der Waals surface area contributed by atoms with Gasteiger partial charge in [0.1, 0.15) is 30.1 Å². The molecular formula is C42H40N6O8Pd2S2-2. The molecule has 8 rings (SSSR count). The molecular weight excluding hydrogens is 993 g/mol. The molecule has 0 spiro atoms. The zero-order valence-electron chi connectivity index (χ0n) is 30.3. The molecule has 0 aliphatic rings. The summed E-state index contributed by atoms with van der Waals surface area (Å²) in [7, 11) is -7.77. The predicted molar refractivity (Wildman–Crippen MR) is 227 cm³/mol. The maximum atomic E-state index is 12.5. The van der Waals surface area contributed by atoms with Gasteiger partial charge in [-0.15, -0.1) is 11.4 Å². The normalized spacial score (nSPS) is 10.2. The Bertz CT molecular complexity index is 2690. The third kappa shape index (κ3) is 13.7. The topological polar surface area (TPSA) is 223 Å². The largest absolute Gasteiger partial charge is 0.571 e. The van der Waals surface area contributed by atoms with Gasteiger partial charge < -0.3 is 19.7 Å². The van der Waals surface area contributed by atoms with E-state index in [1.165, 1.54) is 24.5 Å². The summed E-state index contributed by atoms with van der Waals surface area (Å²) < 4.78 is 58.1. The van der Waals surface area contributed by atoms with Crippen molar-refractivity contribution in [3.63, 3.8) is 0 Å². The SMILES string of the molecule is C.C.CC(=O)O.CC(=O)O.O=S(=O)([N-]c1cccc2ccc3cccnc3c12)c1ccccn1.O=S(=O)([N-]c1cccc2ccc3cccnc3c12)c1ccccn1.[Pd].[Pd]. The van der Waals surface area contributed by atoms with Crippen LogP contribution in [0, 0.1) is 0 Å². The van der Waals surface area contributed by atoms with Crippen LogP contribution in [0.5, 0.6) is 0 Å². The van der Waals surface area contributed by atoms with Crippen LogP contribution in [0.1, 0.15) is 28.7 Å². The average Bonchev–Trinajstić information content (AvgIpc) is 3.18. The molecule has 0 fully saturated rings. The number of rotatable bonds is 6. The molecule has 0 amide bonds. The molecule has 4 aromatic heterocycles. The summed E-state index contributed by atoms with van der Waals surface area (Å²) in [5, 5.41) is 19.8. The Morgan fingerprint density at radius 1 is 0.450 bits per heavy atom. The number of aromatic nitrogens is 4. The molecule has 14 nitrogen and oxygen atoms in total. The van der Waals surface area contributed by atoms with Crippen LogP contribution in [0.25, 0.3) is 52.8 Å². The standard InChI is InChI=1S/2C18H12N3O2S.2C2H4O2.2CH4.2Pd/c2*22-24(23,16-8-1-2-11-19-16)21-15-7-3-5-13-9-10-14-6-4-12-20-18(14)17(13)15;2*1-2(3)4;;;;/h2*1-12H;2*1H3,(H,3,4);2*1H4;;/q2*-1;;;;;;. The van der Waals surface area contributed by atoms with Crippen molar-refractivity contribution < 1.29 is 77.5 Å². The number of sulfonamides is 2. The quantitative estimate of drug-likeness (QED) is 0.117. The van der Waals surface area contributed by atoms with E-state index in [1.807, 2.05) is 60.7 Å². The van der Waals surface area contributed by atoms with Crippen molar-refractivity contribution >= 4 is 86.7 Å². The van der Waals surface area contributed by atoms with E-state index >= 15 is 0 Å². The van der Waals surface area contributed by atoms with Crippen LogP contribution in [0.2, 0.25) is 0 Å². The third-order valence-corrected chi connectivity index (χ3v) is 9.84. The Balaban J connectivity index is 0.000000482. The van der Waals surface area contributed by atoms with E-state index in [0.29, 0.717) is 11.4 Å². The first-order valence-electron chi connectivity index (χ1n) is 16.5. The summed E-state index contributed by atoms with van der Waals surface area (Å²) in [4.78, 5) is 34.6. The molecule has 0 atom stereocenters. The van der Waals surface area contributed by atoms with Crippen LogP contribution in [-0.2, 0) is 70.5 Å². The fourth-order valence-electron chi connectivity index (χ4n) is 5.29. The Labute approximate surface area is 376 Å². The van der Waals surface area contributed by atoms with E-state index in [0.717, 1.165) is 57.2 Å². The average molecular weight is 1030 g/mol. The summed E-state index contributed by atoms with van der Waals surface area (Å²) in [5.74, 6) is -1.67.